The summed E-state index contributed by atoms with van der Waals surface area (Å²) in [5.74, 6) is 0.219. The van der Waals surface area contributed by atoms with Gasteiger partial charge in [0.15, 0.2) is 5.25 Å². The van der Waals surface area contributed by atoms with Gasteiger partial charge in [0.2, 0.25) is 0 Å². The van der Waals surface area contributed by atoms with E-state index in [-0.39, 0.29) is 5.71 Å². The van der Waals surface area contributed by atoms with Gasteiger partial charge in [-0.1, -0.05) is 48.5 Å². The number of nitrogens with zero attached hydrogens (tertiary/aromatic N) is 2. The first kappa shape index (κ1) is 21.0. The molecule has 0 aliphatic carbocycles. The van der Waals surface area contributed by atoms with E-state index in [9.17, 15) is 13.2 Å². The molecular weight excluding hydrogens is 388 g/mol. The standard InChI is InChI=1S/C22H26N2O4S/c1-22(2,3)24-21(25)19(20(29(24,26)27)17-11-6-4-7-12-17)23-15-10-16-28-18-13-8-5-9-14-18/h4-9,11-14,20H,10,15-16H2,1-3H3. The third-order valence-electron chi connectivity index (χ3n) is 4.51. The first-order valence-corrected chi connectivity index (χ1v) is 11.1. The van der Waals surface area contributed by atoms with Crippen molar-refractivity contribution in [2.24, 2.45) is 4.99 Å². The van der Waals surface area contributed by atoms with Gasteiger partial charge in [0.05, 0.1) is 12.1 Å². The van der Waals surface area contributed by atoms with Crippen molar-refractivity contribution in [3.63, 3.8) is 0 Å². The molecule has 1 aliphatic heterocycles. The molecule has 0 bridgehead atoms. The Bertz CT molecular complexity index is 980. The van der Waals surface area contributed by atoms with Crippen molar-refractivity contribution in [2.75, 3.05) is 13.2 Å². The maximum absolute atomic E-state index is 13.2. The minimum absolute atomic E-state index is 0.0748. The van der Waals surface area contributed by atoms with E-state index in [4.69, 9.17) is 4.74 Å². The van der Waals surface area contributed by atoms with Gasteiger partial charge in [0.25, 0.3) is 15.9 Å². The molecule has 2 aromatic carbocycles. The molecule has 0 radical (unpaired) electrons. The Morgan fingerprint density at radius 3 is 2.17 bits per heavy atom. The second-order valence-electron chi connectivity index (χ2n) is 7.86. The summed E-state index contributed by atoms with van der Waals surface area (Å²) in [5, 5.41) is -1.08. The van der Waals surface area contributed by atoms with Crippen LogP contribution in [0.4, 0.5) is 0 Å². The maximum Gasteiger partial charge on any atom is 0.283 e. The molecule has 154 valence electrons. The number of benzene rings is 2. The van der Waals surface area contributed by atoms with Crippen molar-refractivity contribution in [3.8, 4) is 5.75 Å². The molecule has 0 spiro atoms. The molecule has 0 saturated carbocycles. The average Bonchev–Trinajstić information content (AvgIpc) is 2.87. The molecule has 1 unspecified atom stereocenters. The zero-order valence-corrected chi connectivity index (χ0v) is 17.7. The van der Waals surface area contributed by atoms with Crippen LogP contribution in [0.25, 0.3) is 0 Å². The van der Waals surface area contributed by atoms with Crippen molar-refractivity contribution in [1.82, 2.24) is 4.31 Å². The quantitative estimate of drug-likeness (QED) is 0.677. The molecule has 1 saturated heterocycles. The number of sulfonamides is 1. The predicted molar refractivity (Wildman–Crippen MR) is 114 cm³/mol. The fraction of sp³-hybridized carbons (Fsp3) is 0.364. The highest BCUT2D eigenvalue weighted by atomic mass is 32.2. The van der Waals surface area contributed by atoms with Crippen molar-refractivity contribution >= 4 is 21.6 Å². The summed E-state index contributed by atoms with van der Waals surface area (Å²) < 4.78 is 33.1. The molecule has 7 heteroatoms. The minimum atomic E-state index is -3.90. The van der Waals surface area contributed by atoms with E-state index < -0.39 is 26.7 Å². The summed E-state index contributed by atoms with van der Waals surface area (Å²) in [6.07, 6.45) is 0.572. The fourth-order valence-corrected chi connectivity index (χ4v) is 5.60. The van der Waals surface area contributed by atoms with Crippen LogP contribution in [-0.2, 0) is 14.8 Å². The Balaban J connectivity index is 1.82. The molecule has 2 aromatic rings. The van der Waals surface area contributed by atoms with Crippen molar-refractivity contribution in [2.45, 2.75) is 38.0 Å². The van der Waals surface area contributed by atoms with Crippen molar-refractivity contribution < 1.29 is 17.9 Å². The van der Waals surface area contributed by atoms with Crippen LogP contribution in [0.3, 0.4) is 0 Å². The minimum Gasteiger partial charge on any atom is -0.494 e. The molecule has 1 atom stereocenters. The van der Waals surface area contributed by atoms with Gasteiger partial charge in [-0.3, -0.25) is 9.79 Å². The van der Waals surface area contributed by atoms with Crippen LogP contribution in [0, 0.1) is 0 Å². The molecule has 29 heavy (non-hydrogen) atoms. The molecule has 1 amide bonds. The van der Waals surface area contributed by atoms with Crippen LogP contribution >= 0.6 is 0 Å². The Hall–Kier alpha value is -2.67. The van der Waals surface area contributed by atoms with E-state index in [1.54, 1.807) is 45.0 Å². The average molecular weight is 415 g/mol. The summed E-state index contributed by atoms with van der Waals surface area (Å²) >= 11 is 0. The first-order valence-electron chi connectivity index (χ1n) is 9.58. The summed E-state index contributed by atoms with van der Waals surface area (Å²) in [5.41, 5.74) is -0.242. The van der Waals surface area contributed by atoms with Crippen LogP contribution in [0.2, 0.25) is 0 Å². The Labute approximate surface area is 172 Å². The number of carbonyl (C=O) groups is 1. The number of amides is 1. The largest absolute Gasteiger partial charge is 0.494 e. The molecule has 3 rings (SSSR count). The highest BCUT2D eigenvalue weighted by Crippen LogP contribution is 2.38. The zero-order chi connectivity index (χ0) is 21.1. The van der Waals surface area contributed by atoms with Gasteiger partial charge >= 0.3 is 0 Å². The van der Waals surface area contributed by atoms with Gasteiger partial charge < -0.3 is 4.74 Å². The molecule has 1 heterocycles. The first-order chi connectivity index (χ1) is 13.7. The lowest BCUT2D eigenvalue weighted by Gasteiger charge is -2.30. The summed E-state index contributed by atoms with van der Waals surface area (Å²) in [6, 6.07) is 18.2. The Kier molecular flexibility index (Phi) is 6.07. The fourth-order valence-electron chi connectivity index (χ4n) is 3.34. The molecule has 0 N–H and O–H groups in total. The predicted octanol–water partition coefficient (Wildman–Crippen LogP) is 3.61. The number of aliphatic imine (C=N–C) groups is 1. The smallest absolute Gasteiger partial charge is 0.283 e. The van der Waals surface area contributed by atoms with Crippen LogP contribution in [0.1, 0.15) is 38.0 Å². The van der Waals surface area contributed by atoms with E-state index in [0.717, 1.165) is 10.1 Å². The number of ether oxygens (including phenoxy) is 1. The van der Waals surface area contributed by atoms with Gasteiger partial charge in [-0.05, 0) is 38.5 Å². The monoisotopic (exact) mass is 414 g/mol. The van der Waals surface area contributed by atoms with Crippen LogP contribution in [0.5, 0.6) is 5.75 Å². The lowest BCUT2D eigenvalue weighted by Crippen LogP contribution is -2.45. The number of para-hydroxylation sites is 1. The van der Waals surface area contributed by atoms with E-state index in [1.165, 1.54) is 0 Å². The SMILES string of the molecule is CC(C)(C)N1C(=O)C(=NCCCOc2ccccc2)C(c2ccccc2)S1(=O)=O. The van der Waals surface area contributed by atoms with Crippen molar-refractivity contribution in [1.29, 1.82) is 0 Å². The lowest BCUT2D eigenvalue weighted by molar-refractivity contribution is -0.122. The summed E-state index contributed by atoms with van der Waals surface area (Å²) in [6.45, 7) is 5.87. The molecule has 1 fully saturated rings. The third kappa shape index (κ3) is 4.50. The normalized spacial score (nSPS) is 20.2. The second kappa shape index (κ2) is 8.37. The van der Waals surface area contributed by atoms with E-state index in [0.29, 0.717) is 25.1 Å². The molecule has 1 aliphatic rings. The Morgan fingerprint density at radius 2 is 1.59 bits per heavy atom. The van der Waals surface area contributed by atoms with E-state index >= 15 is 0 Å². The number of hydrogen-bond donors (Lipinski definition) is 0. The molecule has 6 nitrogen and oxygen atoms in total. The highest BCUT2D eigenvalue weighted by molar-refractivity contribution is 7.91. The van der Waals surface area contributed by atoms with Crippen LogP contribution in [0.15, 0.2) is 65.7 Å². The van der Waals surface area contributed by atoms with Gasteiger partial charge in [-0.2, -0.15) is 0 Å². The van der Waals surface area contributed by atoms with Gasteiger partial charge in [-0.15, -0.1) is 0 Å². The number of carbonyl (C=O) groups excluding carboxylic acids is 1. The molecule has 0 aromatic heterocycles. The van der Waals surface area contributed by atoms with Crippen molar-refractivity contribution in [3.05, 3.63) is 66.2 Å². The number of hydrogen-bond acceptors (Lipinski definition) is 5. The summed E-state index contributed by atoms with van der Waals surface area (Å²) in [4.78, 5) is 17.4. The summed E-state index contributed by atoms with van der Waals surface area (Å²) in [7, 11) is -3.90. The lowest BCUT2D eigenvalue weighted by atomic mass is 10.1. The zero-order valence-electron chi connectivity index (χ0n) is 16.9. The Morgan fingerprint density at radius 1 is 1.00 bits per heavy atom. The third-order valence-corrected chi connectivity index (χ3v) is 6.83. The van der Waals surface area contributed by atoms with Gasteiger partial charge in [0.1, 0.15) is 11.5 Å². The second-order valence-corrected chi connectivity index (χ2v) is 9.72. The van der Waals surface area contributed by atoms with Gasteiger partial charge in [-0.25, -0.2) is 12.7 Å². The topological polar surface area (TPSA) is 76.0 Å². The van der Waals surface area contributed by atoms with Crippen LogP contribution in [-0.4, -0.2) is 43.0 Å². The van der Waals surface area contributed by atoms with Crippen LogP contribution < -0.4 is 4.74 Å². The molecular formula is C22H26N2O4S. The maximum atomic E-state index is 13.2. The number of rotatable bonds is 6. The highest BCUT2D eigenvalue weighted by Gasteiger charge is 2.54. The van der Waals surface area contributed by atoms with E-state index in [2.05, 4.69) is 4.99 Å². The van der Waals surface area contributed by atoms with E-state index in [1.807, 2.05) is 36.4 Å². The van der Waals surface area contributed by atoms with Gasteiger partial charge in [0, 0.05) is 13.0 Å².